The summed E-state index contributed by atoms with van der Waals surface area (Å²) in [4.78, 5) is 27.1. The number of aryl methyl sites for hydroxylation is 1. The normalized spacial score (nSPS) is 12.1. The van der Waals surface area contributed by atoms with Gasteiger partial charge in [0.05, 0.1) is 37.1 Å². The third-order valence-corrected chi connectivity index (χ3v) is 5.82. The fraction of sp³-hybridized carbons (Fsp3) is 0.200. The lowest BCUT2D eigenvalue weighted by molar-refractivity contribution is 0.104. The Morgan fingerprint density at radius 2 is 1.74 bits per heavy atom. The van der Waals surface area contributed by atoms with Crippen LogP contribution < -0.4 is 15.0 Å². The van der Waals surface area contributed by atoms with Crippen molar-refractivity contribution in [2.75, 3.05) is 14.2 Å². The lowest BCUT2D eigenvalue weighted by atomic mass is 10.0. The molecule has 6 nitrogen and oxygen atoms in total. The van der Waals surface area contributed by atoms with Gasteiger partial charge in [0.2, 0.25) is 0 Å². The smallest absolute Gasteiger partial charge is 0.262 e. The van der Waals surface area contributed by atoms with Gasteiger partial charge in [-0.15, -0.1) is 0 Å². The van der Waals surface area contributed by atoms with Crippen LogP contribution in [0.1, 0.15) is 28.1 Å². The largest absolute Gasteiger partial charge is 0.493 e. The minimum atomic E-state index is -0.201. The molecule has 0 saturated carbocycles. The summed E-state index contributed by atoms with van der Waals surface area (Å²) in [6, 6.07) is 14.7. The Morgan fingerprint density at radius 1 is 0.935 bits per heavy atom. The maximum absolute atomic E-state index is 13.7. The van der Waals surface area contributed by atoms with Crippen LogP contribution in [0.4, 0.5) is 0 Å². The van der Waals surface area contributed by atoms with Gasteiger partial charge in [-0.1, -0.05) is 24.3 Å². The van der Waals surface area contributed by atoms with Crippen molar-refractivity contribution >= 4 is 16.6 Å². The second-order valence-corrected chi connectivity index (χ2v) is 7.46. The Labute approximate surface area is 178 Å². The number of carbonyl (C=O) groups is 1. The second-order valence-electron chi connectivity index (χ2n) is 7.46. The fourth-order valence-corrected chi connectivity index (χ4v) is 4.46. The number of nitrogens with zero attached hydrogens (tertiary/aromatic N) is 1. The summed E-state index contributed by atoms with van der Waals surface area (Å²) in [6.07, 6.45) is 3.02. The number of ketones is 1. The van der Waals surface area contributed by atoms with E-state index in [1.165, 1.54) is 14.2 Å². The van der Waals surface area contributed by atoms with E-state index in [-0.39, 0.29) is 11.3 Å². The van der Waals surface area contributed by atoms with Gasteiger partial charge in [0.1, 0.15) is 5.76 Å². The van der Waals surface area contributed by atoms with Gasteiger partial charge < -0.3 is 18.5 Å². The minimum Gasteiger partial charge on any atom is -0.493 e. The van der Waals surface area contributed by atoms with E-state index in [1.807, 2.05) is 36.4 Å². The molecule has 1 aliphatic rings. The highest BCUT2D eigenvalue weighted by atomic mass is 16.5. The fourth-order valence-electron chi connectivity index (χ4n) is 4.46. The Bertz CT molecular complexity index is 1370. The van der Waals surface area contributed by atoms with E-state index in [9.17, 15) is 9.59 Å². The van der Waals surface area contributed by atoms with Crippen LogP contribution in [0.2, 0.25) is 0 Å². The van der Waals surface area contributed by atoms with Crippen molar-refractivity contribution in [3.8, 4) is 22.8 Å². The SMILES string of the molecule is COc1ccc2c3c(n(CCCc4ccco4)c(=O)c2c1OC)-c1ccccc1C3=O. The summed E-state index contributed by atoms with van der Waals surface area (Å²) >= 11 is 0. The molecule has 0 radical (unpaired) electrons. The summed E-state index contributed by atoms with van der Waals surface area (Å²) in [6.45, 7) is 0.444. The summed E-state index contributed by atoms with van der Waals surface area (Å²) in [5.41, 5.74) is 2.40. The molecule has 4 aromatic rings. The van der Waals surface area contributed by atoms with Gasteiger partial charge in [-0.05, 0) is 30.7 Å². The molecule has 2 aromatic heterocycles. The zero-order valence-corrected chi connectivity index (χ0v) is 17.3. The zero-order chi connectivity index (χ0) is 21.5. The third kappa shape index (κ3) is 2.86. The van der Waals surface area contributed by atoms with Crippen molar-refractivity contribution in [2.24, 2.45) is 0 Å². The molecule has 0 bridgehead atoms. The number of aromatic nitrogens is 1. The van der Waals surface area contributed by atoms with Crippen LogP contribution in [0.15, 0.2) is 64.0 Å². The molecule has 2 aromatic carbocycles. The van der Waals surface area contributed by atoms with Crippen molar-refractivity contribution in [3.05, 3.63) is 82.0 Å². The lowest BCUT2D eigenvalue weighted by Gasteiger charge is -2.17. The van der Waals surface area contributed by atoms with Crippen LogP contribution in [-0.2, 0) is 13.0 Å². The topological polar surface area (TPSA) is 70.7 Å². The molecule has 0 amide bonds. The van der Waals surface area contributed by atoms with Gasteiger partial charge in [0, 0.05) is 29.5 Å². The number of hydrogen-bond donors (Lipinski definition) is 0. The van der Waals surface area contributed by atoms with Crippen LogP contribution >= 0.6 is 0 Å². The van der Waals surface area contributed by atoms with Crippen LogP contribution in [0, 0.1) is 0 Å². The molecule has 156 valence electrons. The van der Waals surface area contributed by atoms with Gasteiger partial charge in [-0.25, -0.2) is 0 Å². The number of methoxy groups -OCH3 is 2. The van der Waals surface area contributed by atoms with Gasteiger partial charge in [-0.3, -0.25) is 9.59 Å². The molecule has 0 aliphatic heterocycles. The molecule has 0 fully saturated rings. The number of hydrogen-bond acceptors (Lipinski definition) is 5. The number of ether oxygens (including phenoxy) is 2. The first kappa shape index (κ1) is 19.2. The Balaban J connectivity index is 1.77. The van der Waals surface area contributed by atoms with E-state index in [4.69, 9.17) is 13.9 Å². The molecule has 0 N–H and O–H groups in total. The molecule has 0 spiro atoms. The predicted molar refractivity (Wildman–Crippen MR) is 117 cm³/mol. The highest BCUT2D eigenvalue weighted by Crippen LogP contribution is 2.43. The maximum Gasteiger partial charge on any atom is 0.262 e. The summed E-state index contributed by atoms with van der Waals surface area (Å²) in [5, 5.41) is 0.945. The van der Waals surface area contributed by atoms with Gasteiger partial charge in [0.15, 0.2) is 17.3 Å². The molecule has 1 aliphatic carbocycles. The van der Waals surface area contributed by atoms with Crippen molar-refractivity contribution in [2.45, 2.75) is 19.4 Å². The van der Waals surface area contributed by atoms with E-state index in [0.29, 0.717) is 58.5 Å². The van der Waals surface area contributed by atoms with Crippen molar-refractivity contribution < 1.29 is 18.7 Å². The van der Waals surface area contributed by atoms with E-state index in [0.717, 1.165) is 11.3 Å². The first-order valence-corrected chi connectivity index (χ1v) is 10.1. The summed E-state index contributed by atoms with van der Waals surface area (Å²) < 4.78 is 18.1. The molecule has 0 atom stereocenters. The van der Waals surface area contributed by atoms with E-state index in [2.05, 4.69) is 0 Å². The Hall–Kier alpha value is -3.80. The highest BCUT2D eigenvalue weighted by molar-refractivity contribution is 6.27. The first-order valence-electron chi connectivity index (χ1n) is 10.1. The molecule has 5 rings (SSSR count). The van der Waals surface area contributed by atoms with Crippen molar-refractivity contribution in [3.63, 3.8) is 0 Å². The molecule has 31 heavy (non-hydrogen) atoms. The molecule has 0 unspecified atom stereocenters. The van der Waals surface area contributed by atoms with Crippen LogP contribution in [-0.4, -0.2) is 24.6 Å². The number of carbonyl (C=O) groups excluding carboxylic acids is 1. The predicted octanol–water partition coefficient (Wildman–Crippen LogP) is 4.46. The third-order valence-electron chi connectivity index (χ3n) is 5.82. The highest BCUT2D eigenvalue weighted by Gasteiger charge is 2.33. The Morgan fingerprint density at radius 3 is 2.45 bits per heavy atom. The second kappa shape index (κ2) is 7.47. The number of rotatable bonds is 6. The summed E-state index contributed by atoms with van der Waals surface area (Å²) in [7, 11) is 3.03. The number of furan rings is 1. The Kier molecular flexibility index (Phi) is 4.62. The first-order chi connectivity index (χ1) is 15.2. The van der Waals surface area contributed by atoms with Crippen molar-refractivity contribution in [1.29, 1.82) is 0 Å². The average Bonchev–Trinajstić information content (AvgIpc) is 3.42. The van der Waals surface area contributed by atoms with Crippen LogP contribution in [0.3, 0.4) is 0 Å². The van der Waals surface area contributed by atoms with Gasteiger partial charge in [0.25, 0.3) is 5.56 Å². The molecular formula is C25H21NO5. The number of benzene rings is 2. The van der Waals surface area contributed by atoms with E-state index >= 15 is 0 Å². The van der Waals surface area contributed by atoms with Gasteiger partial charge in [-0.2, -0.15) is 0 Å². The zero-order valence-electron chi connectivity index (χ0n) is 17.3. The van der Waals surface area contributed by atoms with Gasteiger partial charge >= 0.3 is 0 Å². The standard InChI is InChI=1S/C25H21NO5/c1-29-19-12-11-18-20-22(16-9-3-4-10-17(16)23(20)27)26(25(28)21(18)24(19)30-2)13-5-7-15-8-6-14-31-15/h3-4,6,8-12,14H,5,7,13H2,1-2H3. The molecule has 2 heterocycles. The minimum absolute atomic E-state index is 0.0809. The molecular weight excluding hydrogens is 394 g/mol. The maximum atomic E-state index is 13.7. The van der Waals surface area contributed by atoms with Crippen LogP contribution in [0.25, 0.3) is 22.0 Å². The van der Waals surface area contributed by atoms with Crippen molar-refractivity contribution in [1.82, 2.24) is 4.57 Å². The quantitative estimate of drug-likeness (QED) is 0.410. The lowest BCUT2D eigenvalue weighted by Crippen LogP contribution is -2.24. The average molecular weight is 415 g/mol. The summed E-state index contributed by atoms with van der Waals surface area (Å²) in [5.74, 6) is 1.58. The monoisotopic (exact) mass is 415 g/mol. The van der Waals surface area contributed by atoms with E-state index in [1.54, 1.807) is 23.0 Å². The van der Waals surface area contributed by atoms with Crippen LogP contribution in [0.5, 0.6) is 11.5 Å². The number of pyridine rings is 1. The van der Waals surface area contributed by atoms with E-state index < -0.39 is 0 Å². The molecule has 0 saturated heterocycles. The molecule has 6 heteroatoms. The number of fused-ring (bicyclic) bond motifs is 5.